The third-order valence-corrected chi connectivity index (χ3v) is 6.74. The molecule has 1 unspecified atom stereocenters. The van der Waals surface area contributed by atoms with E-state index in [0.717, 1.165) is 30.4 Å². The predicted molar refractivity (Wildman–Crippen MR) is 149 cm³/mol. The lowest BCUT2D eigenvalue weighted by atomic mass is 9.66. The summed E-state index contributed by atoms with van der Waals surface area (Å²) in [6.45, 7) is 11.5. The van der Waals surface area contributed by atoms with Gasteiger partial charge in [-0.2, -0.15) is 0 Å². The van der Waals surface area contributed by atoms with Gasteiger partial charge in [-0.05, 0) is 42.0 Å². The molecule has 1 aromatic rings. The van der Waals surface area contributed by atoms with Crippen LogP contribution in [-0.2, 0) is 20.8 Å². The molecule has 0 saturated carbocycles. The van der Waals surface area contributed by atoms with Crippen LogP contribution < -0.4 is 4.74 Å². The lowest BCUT2D eigenvalue weighted by Crippen LogP contribution is -2.43. The number of allylic oxidation sites excluding steroid dienone is 2. The maximum absolute atomic E-state index is 11.0. The quantitative estimate of drug-likeness (QED) is 0.0557. The first-order valence-electron chi connectivity index (χ1n) is 13.2. The molecule has 1 aromatic carbocycles. The van der Waals surface area contributed by atoms with Crippen LogP contribution >= 0.6 is 0 Å². The Hall–Kier alpha value is -2.48. The van der Waals surface area contributed by atoms with Gasteiger partial charge in [0.05, 0.1) is 31.4 Å². The molecule has 0 aliphatic carbocycles. The molecule has 0 aliphatic rings. The Balaban J connectivity index is 3.25. The van der Waals surface area contributed by atoms with Crippen molar-refractivity contribution in [3.05, 3.63) is 77.0 Å². The molecule has 7 heteroatoms. The minimum atomic E-state index is -0.439. The number of unbranched alkanes of at least 4 members (excludes halogenated alkanes) is 3. The Morgan fingerprint density at radius 1 is 1.16 bits per heavy atom. The highest BCUT2D eigenvalue weighted by molar-refractivity contribution is 5.26. The van der Waals surface area contributed by atoms with Gasteiger partial charge in [-0.3, -0.25) is 10.1 Å². The minimum absolute atomic E-state index is 0.0211. The molecule has 37 heavy (non-hydrogen) atoms. The molecule has 0 N–H and O–H groups in total. The van der Waals surface area contributed by atoms with Crippen molar-refractivity contribution in [3.8, 4) is 5.75 Å². The van der Waals surface area contributed by atoms with Crippen LogP contribution in [-0.4, -0.2) is 38.6 Å². The Labute approximate surface area is 223 Å². The van der Waals surface area contributed by atoms with Gasteiger partial charge in [-0.1, -0.05) is 89.8 Å². The van der Waals surface area contributed by atoms with E-state index in [9.17, 15) is 10.1 Å². The average Bonchev–Trinajstić information content (AvgIpc) is 2.88. The van der Waals surface area contributed by atoms with E-state index in [1.165, 1.54) is 19.3 Å². The smallest absolute Gasteiger partial charge is 0.230 e. The standard InChI is InChI=1S/C30H47NO6/c1-7-9-11-12-14-25(3)29(28(37-24-34-5)15-13-21-31(32)33)30(4,20-10-8-2)23-36-22-26-16-18-27(35-6)19-17-26/h8,10,13,16-21,25,28-29H,2,7,9,11-12,14-15,22-24H2,1,3-6H3/b20-10-,21-13-/t25?,28-,29+,30-/m1/s1. The Morgan fingerprint density at radius 2 is 1.89 bits per heavy atom. The normalized spacial score (nSPS) is 15.9. The molecule has 0 fully saturated rings. The maximum Gasteiger partial charge on any atom is 0.230 e. The van der Waals surface area contributed by atoms with E-state index >= 15 is 0 Å². The van der Waals surface area contributed by atoms with Gasteiger partial charge < -0.3 is 18.9 Å². The van der Waals surface area contributed by atoms with Gasteiger partial charge in [0.1, 0.15) is 12.5 Å². The largest absolute Gasteiger partial charge is 0.497 e. The minimum Gasteiger partial charge on any atom is -0.497 e. The maximum atomic E-state index is 11.0. The van der Waals surface area contributed by atoms with Crippen molar-refractivity contribution in [3.63, 3.8) is 0 Å². The number of benzene rings is 1. The number of rotatable bonds is 21. The van der Waals surface area contributed by atoms with E-state index in [-0.39, 0.29) is 24.7 Å². The Morgan fingerprint density at radius 3 is 2.49 bits per heavy atom. The zero-order chi connectivity index (χ0) is 27.5. The Bertz CT molecular complexity index is 822. The molecule has 0 aliphatic heterocycles. The molecular weight excluding hydrogens is 470 g/mol. The van der Waals surface area contributed by atoms with Crippen molar-refractivity contribution in [2.75, 3.05) is 27.6 Å². The first-order chi connectivity index (χ1) is 17.8. The molecule has 208 valence electrons. The van der Waals surface area contributed by atoms with Gasteiger partial charge in [0.25, 0.3) is 0 Å². The average molecular weight is 518 g/mol. The highest BCUT2D eigenvalue weighted by atomic mass is 16.7. The molecule has 0 heterocycles. The molecule has 0 aromatic heterocycles. The van der Waals surface area contributed by atoms with Crippen molar-refractivity contribution in [2.24, 2.45) is 17.3 Å². The van der Waals surface area contributed by atoms with Crippen LogP contribution in [0, 0.1) is 27.4 Å². The van der Waals surface area contributed by atoms with E-state index in [1.807, 2.05) is 30.3 Å². The SMILES string of the molecule is C=C/C=C\[C@](C)(COCc1ccc(OC)cc1)[C@@H](C(C)CCCCCC)[C@@H](C/C=C\[N+](=O)[O-])OCOC. The van der Waals surface area contributed by atoms with Gasteiger partial charge in [-0.25, -0.2) is 0 Å². The third kappa shape index (κ3) is 12.5. The number of hydrogen-bond donors (Lipinski definition) is 0. The van der Waals surface area contributed by atoms with E-state index in [0.29, 0.717) is 19.6 Å². The fraction of sp³-hybridized carbons (Fsp3) is 0.600. The number of methoxy groups -OCH3 is 2. The fourth-order valence-corrected chi connectivity index (χ4v) is 4.92. The molecule has 0 bridgehead atoms. The zero-order valence-corrected chi connectivity index (χ0v) is 23.4. The molecule has 0 amide bonds. The molecule has 0 saturated heterocycles. The van der Waals surface area contributed by atoms with Crippen molar-refractivity contribution >= 4 is 0 Å². The number of nitro groups is 1. The monoisotopic (exact) mass is 517 g/mol. The molecule has 0 radical (unpaired) electrons. The molecule has 0 spiro atoms. The van der Waals surface area contributed by atoms with Gasteiger partial charge >= 0.3 is 0 Å². The van der Waals surface area contributed by atoms with Crippen molar-refractivity contribution in [1.82, 2.24) is 0 Å². The first-order valence-corrected chi connectivity index (χ1v) is 13.2. The van der Waals surface area contributed by atoms with E-state index < -0.39 is 10.3 Å². The van der Waals surface area contributed by atoms with Crippen LogP contribution in [0.4, 0.5) is 0 Å². The second-order valence-corrected chi connectivity index (χ2v) is 9.81. The van der Waals surface area contributed by atoms with Crippen LogP contribution in [0.1, 0.15) is 64.9 Å². The summed E-state index contributed by atoms with van der Waals surface area (Å²) in [4.78, 5) is 10.5. The summed E-state index contributed by atoms with van der Waals surface area (Å²) < 4.78 is 23.0. The van der Waals surface area contributed by atoms with Gasteiger partial charge in [0, 0.05) is 12.5 Å². The predicted octanol–water partition coefficient (Wildman–Crippen LogP) is 7.35. The molecule has 7 nitrogen and oxygen atoms in total. The van der Waals surface area contributed by atoms with Crippen molar-refractivity contribution in [1.29, 1.82) is 0 Å². The molecule has 4 atom stereocenters. The summed E-state index contributed by atoms with van der Waals surface area (Å²) in [7, 11) is 3.23. The highest BCUT2D eigenvalue weighted by Gasteiger charge is 2.41. The highest BCUT2D eigenvalue weighted by Crippen LogP contribution is 2.42. The summed E-state index contributed by atoms with van der Waals surface area (Å²) in [5.74, 6) is 1.11. The zero-order valence-electron chi connectivity index (χ0n) is 23.4. The summed E-state index contributed by atoms with van der Waals surface area (Å²) in [5, 5.41) is 11.0. The molecular formula is C30H47NO6. The van der Waals surface area contributed by atoms with Crippen molar-refractivity contribution in [2.45, 2.75) is 72.0 Å². The van der Waals surface area contributed by atoms with Crippen LogP contribution in [0.5, 0.6) is 5.75 Å². The van der Waals surface area contributed by atoms with Crippen LogP contribution in [0.2, 0.25) is 0 Å². The van der Waals surface area contributed by atoms with E-state index in [1.54, 1.807) is 26.4 Å². The second-order valence-electron chi connectivity index (χ2n) is 9.81. The summed E-state index contributed by atoms with van der Waals surface area (Å²) in [6, 6.07) is 7.84. The summed E-state index contributed by atoms with van der Waals surface area (Å²) >= 11 is 0. The van der Waals surface area contributed by atoms with Gasteiger partial charge in [-0.15, -0.1) is 0 Å². The Kier molecular flexibility index (Phi) is 16.5. The third-order valence-electron chi connectivity index (χ3n) is 6.74. The van der Waals surface area contributed by atoms with Gasteiger partial charge in [0.2, 0.25) is 6.20 Å². The topological polar surface area (TPSA) is 80.1 Å². The number of hydrogen-bond acceptors (Lipinski definition) is 6. The van der Waals surface area contributed by atoms with Gasteiger partial charge in [0.15, 0.2) is 0 Å². The van der Waals surface area contributed by atoms with Crippen LogP contribution in [0.15, 0.2) is 61.3 Å². The summed E-state index contributed by atoms with van der Waals surface area (Å²) in [5.41, 5.74) is 0.646. The molecule has 1 rings (SSSR count). The lowest BCUT2D eigenvalue weighted by Gasteiger charge is -2.43. The number of ether oxygens (including phenoxy) is 4. The first kappa shape index (κ1) is 32.5. The van der Waals surface area contributed by atoms with Crippen LogP contribution in [0.25, 0.3) is 0 Å². The van der Waals surface area contributed by atoms with Crippen LogP contribution in [0.3, 0.4) is 0 Å². The second kappa shape index (κ2) is 18.7. The number of nitrogens with zero attached hydrogens (tertiary/aromatic N) is 1. The van der Waals surface area contributed by atoms with E-state index in [4.69, 9.17) is 18.9 Å². The van der Waals surface area contributed by atoms with E-state index in [2.05, 4.69) is 33.4 Å². The summed E-state index contributed by atoms with van der Waals surface area (Å²) in [6.07, 6.45) is 14.3. The lowest BCUT2D eigenvalue weighted by molar-refractivity contribution is -0.402. The van der Waals surface area contributed by atoms with Crippen molar-refractivity contribution < 1.29 is 23.9 Å². The fourth-order valence-electron chi connectivity index (χ4n) is 4.92.